The van der Waals surface area contributed by atoms with Gasteiger partial charge >= 0.3 is 0 Å². The zero-order chi connectivity index (χ0) is 48.1. The number of fused-ring (bicyclic) bond motifs is 12. The molecule has 0 radical (unpaired) electrons. The number of nitrogens with zero attached hydrogens (tertiary/aromatic N) is 8. The summed E-state index contributed by atoms with van der Waals surface area (Å²) in [5, 5.41) is 10.5. The second kappa shape index (κ2) is 14.3. The summed E-state index contributed by atoms with van der Waals surface area (Å²) < 4.78 is 145. The summed E-state index contributed by atoms with van der Waals surface area (Å²) in [6, 6.07) is 26.6. The minimum Gasteiger partial charge on any atom is -0.294 e. The molecule has 25 heteroatoms. The highest BCUT2D eigenvalue weighted by Gasteiger charge is 2.32. The molecule has 4 aromatic heterocycles. The molecule has 4 heterocycles. The van der Waals surface area contributed by atoms with Crippen LogP contribution in [-0.4, -0.2) is 85.8 Å². The van der Waals surface area contributed by atoms with Gasteiger partial charge in [0.15, 0.2) is 5.78 Å². The van der Waals surface area contributed by atoms with Crippen molar-refractivity contribution in [3.8, 4) is 11.4 Å². The van der Waals surface area contributed by atoms with Gasteiger partial charge in [-0.05, 0) is 96.6 Å². The van der Waals surface area contributed by atoms with Crippen LogP contribution >= 0.6 is 0 Å². The first-order valence-electron chi connectivity index (χ1n) is 19.9. The molecule has 0 unspecified atom stereocenters. The lowest BCUT2D eigenvalue weighted by molar-refractivity contribution is 0.101. The van der Waals surface area contributed by atoms with Crippen molar-refractivity contribution in [1.29, 1.82) is 0 Å². The number of benzene rings is 7. The lowest BCUT2D eigenvalue weighted by Crippen LogP contribution is -2.03. The van der Waals surface area contributed by atoms with Crippen LogP contribution in [0.25, 0.3) is 67.1 Å². The monoisotopic (exact) mass is 994 g/mol. The first-order chi connectivity index (χ1) is 32.0. The van der Waals surface area contributed by atoms with Crippen LogP contribution in [0.3, 0.4) is 0 Å². The van der Waals surface area contributed by atoms with Gasteiger partial charge < -0.3 is 0 Å². The Bertz CT molecular complexity index is 4550. The Balaban J connectivity index is 0.899. The third kappa shape index (κ3) is 6.73. The van der Waals surface area contributed by atoms with Crippen LogP contribution in [0.5, 0.6) is 0 Å². The Morgan fingerprint density at radius 3 is 1.82 bits per heavy atom. The molecule has 0 amide bonds. The number of aryl methyl sites for hydroxylation is 1. The van der Waals surface area contributed by atoms with Crippen molar-refractivity contribution in [3.63, 3.8) is 0 Å². The quantitative estimate of drug-likeness (QED) is 0.0422. The first-order valence-corrected chi connectivity index (χ1v) is 25.6. The van der Waals surface area contributed by atoms with Crippen molar-refractivity contribution >= 4 is 113 Å². The van der Waals surface area contributed by atoms with E-state index in [-0.39, 0.29) is 54.7 Å². The van der Waals surface area contributed by atoms with Gasteiger partial charge in [0.1, 0.15) is 36.8 Å². The molecule has 0 spiro atoms. The van der Waals surface area contributed by atoms with Crippen LogP contribution in [0.2, 0.25) is 0 Å². The first kappa shape index (κ1) is 43.1. The number of carbonyl (C=O) groups is 1. The predicted octanol–water partition coefficient (Wildman–Crippen LogP) is 7.54. The third-order valence-electron chi connectivity index (χ3n) is 11.7. The number of aromatic nitrogens is 6. The van der Waals surface area contributed by atoms with Gasteiger partial charge in [-0.15, -0.1) is 23.3 Å². The summed E-state index contributed by atoms with van der Waals surface area (Å²) in [7, 11) is -18.9. The van der Waals surface area contributed by atoms with Crippen LogP contribution in [0, 0.1) is 6.92 Å². The molecule has 68 heavy (non-hydrogen) atoms. The molecule has 344 valence electrons. The minimum absolute atomic E-state index is 0.0121. The van der Waals surface area contributed by atoms with Gasteiger partial charge in [-0.25, -0.2) is 0 Å². The van der Waals surface area contributed by atoms with Crippen LogP contribution < -0.4 is 0 Å². The fourth-order valence-corrected chi connectivity index (χ4v) is 11.2. The molecule has 0 aliphatic heterocycles. The van der Waals surface area contributed by atoms with E-state index >= 15 is 0 Å². The number of azo groups is 1. The molecule has 0 aliphatic rings. The van der Waals surface area contributed by atoms with Crippen molar-refractivity contribution in [2.45, 2.75) is 33.4 Å². The van der Waals surface area contributed by atoms with E-state index < -0.39 is 50.3 Å². The largest absolute Gasteiger partial charge is 0.295 e. The van der Waals surface area contributed by atoms with Crippen molar-refractivity contribution in [3.05, 3.63) is 131 Å². The van der Waals surface area contributed by atoms with Gasteiger partial charge in [0.05, 0.1) is 27.6 Å². The number of hydrogen-bond donors (Lipinski definition) is 4. The fourth-order valence-electron chi connectivity index (χ4n) is 8.56. The Morgan fingerprint density at radius 2 is 1.16 bits per heavy atom. The zero-order valence-corrected chi connectivity index (χ0v) is 38.0. The summed E-state index contributed by atoms with van der Waals surface area (Å²) in [6.45, 7) is 3.10. The number of hydrogen-bond acceptors (Lipinski definition) is 11. The topological polar surface area (TPSA) is 287 Å². The average Bonchev–Trinajstić information content (AvgIpc) is 4.13. The van der Waals surface area contributed by atoms with E-state index in [0.717, 1.165) is 23.2 Å². The van der Waals surface area contributed by atoms with Gasteiger partial charge in [-0.1, -0.05) is 60.7 Å². The van der Waals surface area contributed by atoms with E-state index in [2.05, 4.69) is 10.2 Å². The van der Waals surface area contributed by atoms with E-state index in [4.69, 9.17) is 0 Å². The Labute approximate surface area is 382 Å². The number of Topliss-reactive ketones (excluding diaryl/α,β-unsaturated/α-hetero) is 1. The summed E-state index contributed by atoms with van der Waals surface area (Å²) in [5.41, 5.74) is 4.24. The van der Waals surface area contributed by atoms with E-state index in [0.29, 0.717) is 38.4 Å². The maximum absolute atomic E-state index is 13.0. The minimum atomic E-state index is -4.92. The Kier molecular flexibility index (Phi) is 9.04. The molecule has 11 aromatic rings. The maximum Gasteiger partial charge on any atom is 0.295 e. The van der Waals surface area contributed by atoms with Crippen molar-refractivity contribution in [1.82, 2.24) is 28.1 Å². The molecule has 0 atom stereocenters. The lowest BCUT2D eigenvalue weighted by Gasteiger charge is -2.08. The highest BCUT2D eigenvalue weighted by atomic mass is 32.2. The van der Waals surface area contributed by atoms with Crippen LogP contribution in [-0.2, 0) is 40.5 Å². The van der Waals surface area contributed by atoms with Crippen molar-refractivity contribution in [2.75, 3.05) is 0 Å². The summed E-state index contributed by atoms with van der Waals surface area (Å²) in [4.78, 5) is 14.6. The molecule has 7 aromatic carbocycles. The molecule has 0 bridgehead atoms. The Hall–Kier alpha value is -7.49. The molecular weight excluding hydrogens is 965 g/mol. The highest BCUT2D eigenvalue weighted by Crippen LogP contribution is 2.39. The molecule has 0 saturated heterocycles. The second-order valence-corrected chi connectivity index (χ2v) is 21.5. The molecule has 0 aliphatic carbocycles. The maximum atomic E-state index is 13.0. The summed E-state index contributed by atoms with van der Waals surface area (Å²) >= 11 is 0. The number of ketones is 1. The highest BCUT2D eigenvalue weighted by molar-refractivity contribution is 7.86. The third-order valence-corrected chi connectivity index (χ3v) is 15.3. The van der Waals surface area contributed by atoms with Gasteiger partial charge in [0, 0.05) is 21.7 Å². The molecule has 21 nitrogen and oxygen atoms in total. The SMILES string of the molecule is CC(=O)c1cc(N=Nc2ccc(C=Cc3ccc(-n4n5c6cc(S(=O)(=O)O)c7ccccc7c6n45)cc3S(=O)(=O)O)c(S(=O)(=O)O)c2)c(C)cc1-n1n2c3ccc4cc(S(=O)(=O)O)ccc4c3n12. The lowest BCUT2D eigenvalue weighted by atomic mass is 10.0. The molecule has 4 N–H and O–H groups in total. The Morgan fingerprint density at radius 1 is 0.544 bits per heavy atom. The van der Waals surface area contributed by atoms with Gasteiger partial charge in [0.2, 0.25) is 0 Å². The zero-order valence-electron chi connectivity index (χ0n) is 34.7. The van der Waals surface area contributed by atoms with E-state index in [9.17, 15) is 56.7 Å². The van der Waals surface area contributed by atoms with Crippen LogP contribution in [0.15, 0.2) is 139 Å². The van der Waals surface area contributed by atoms with Crippen LogP contribution in [0.1, 0.15) is 34.0 Å². The number of carbonyl (C=O) groups excluding carboxylic acids is 1. The summed E-state index contributed by atoms with van der Waals surface area (Å²) in [6.07, 6.45) is 2.44. The summed E-state index contributed by atoms with van der Waals surface area (Å²) in [5.74, 6) is -0.308. The van der Waals surface area contributed by atoms with Gasteiger partial charge in [-0.3, -0.25) is 23.0 Å². The fraction of sp³-hybridized carbons (Fsp3) is 0.0465. The van der Waals surface area contributed by atoms with Crippen molar-refractivity contribution in [2.24, 2.45) is 10.2 Å². The van der Waals surface area contributed by atoms with E-state index in [1.54, 1.807) is 74.1 Å². The normalized spacial score (nSPS) is 13.6. The molecular formula is C43H30N8O13S4. The van der Waals surface area contributed by atoms with Gasteiger partial charge in [-0.2, -0.15) is 48.7 Å². The second-order valence-electron chi connectivity index (χ2n) is 15.9. The van der Waals surface area contributed by atoms with Gasteiger partial charge in [0.25, 0.3) is 40.5 Å². The number of rotatable bonds is 11. The van der Waals surface area contributed by atoms with Crippen LogP contribution in [0.4, 0.5) is 11.4 Å². The predicted molar refractivity (Wildman–Crippen MR) is 246 cm³/mol. The van der Waals surface area contributed by atoms with E-state index in [1.165, 1.54) is 77.0 Å². The smallest absolute Gasteiger partial charge is 0.294 e. The molecule has 0 saturated carbocycles. The van der Waals surface area contributed by atoms with E-state index in [1.807, 2.05) is 0 Å². The molecule has 11 rings (SSSR count). The van der Waals surface area contributed by atoms with Crippen molar-refractivity contribution < 1.29 is 56.7 Å². The standard InChI is InChI=1S/C43H30N8O13S4/c1-23-17-37(48-47-36-16-11-27-18-30(65(53,54)55)14-15-31(27)42(36)51(47)48)34(24(2)52)21-35(23)45-44-28-12-9-25(39(19-28)66(56,57)58)7-8-26-10-13-29(20-40(26)67(59,60)61)46-49-38-22-41(68(62,63)64)32-5-3-4-6-33(32)43(38)50(46)49/h3-22H,1-2H3,(H,53,54,55)(H,56,57,58)(H,59,60,61)(H,62,63,64). The average molecular weight is 995 g/mol. The molecule has 0 fully saturated rings.